The van der Waals surface area contributed by atoms with Crippen molar-refractivity contribution in [2.75, 3.05) is 39.0 Å². The predicted octanol–water partition coefficient (Wildman–Crippen LogP) is 1.99. The predicted molar refractivity (Wildman–Crippen MR) is 87.5 cm³/mol. The van der Waals surface area contributed by atoms with Gasteiger partial charge in [-0.05, 0) is 33.4 Å². The van der Waals surface area contributed by atoms with Crippen LogP contribution < -0.4 is 5.32 Å². The Labute approximate surface area is 128 Å². The SMILES string of the molecule is CCCNc1cc(C)nc(CN2CC(C)C(N(C)C)C2)n1. The molecule has 0 aliphatic carbocycles. The molecule has 2 atom stereocenters. The molecule has 0 saturated carbocycles. The maximum absolute atomic E-state index is 4.65. The van der Waals surface area contributed by atoms with Gasteiger partial charge in [0, 0.05) is 37.4 Å². The summed E-state index contributed by atoms with van der Waals surface area (Å²) in [5, 5.41) is 3.36. The highest BCUT2D eigenvalue weighted by Crippen LogP contribution is 2.21. The molecule has 21 heavy (non-hydrogen) atoms. The highest BCUT2D eigenvalue weighted by atomic mass is 15.2. The van der Waals surface area contributed by atoms with Gasteiger partial charge in [0.2, 0.25) is 0 Å². The van der Waals surface area contributed by atoms with Crippen molar-refractivity contribution in [2.45, 2.75) is 39.8 Å². The minimum absolute atomic E-state index is 0.632. The van der Waals surface area contributed by atoms with E-state index >= 15 is 0 Å². The van der Waals surface area contributed by atoms with E-state index in [0.29, 0.717) is 12.0 Å². The quantitative estimate of drug-likeness (QED) is 0.868. The van der Waals surface area contributed by atoms with Crippen LogP contribution in [0.2, 0.25) is 0 Å². The fourth-order valence-corrected chi connectivity index (χ4v) is 3.09. The molecule has 1 aliphatic rings. The number of aromatic nitrogens is 2. The molecule has 5 heteroatoms. The maximum atomic E-state index is 4.65. The van der Waals surface area contributed by atoms with Gasteiger partial charge in [0.05, 0.1) is 6.54 Å². The minimum atomic E-state index is 0.632. The van der Waals surface area contributed by atoms with Crippen LogP contribution in [0.5, 0.6) is 0 Å². The molecular weight excluding hydrogens is 262 g/mol. The van der Waals surface area contributed by atoms with Crippen LogP contribution >= 0.6 is 0 Å². The lowest BCUT2D eigenvalue weighted by Crippen LogP contribution is -2.34. The topological polar surface area (TPSA) is 44.3 Å². The molecule has 0 bridgehead atoms. The van der Waals surface area contributed by atoms with E-state index in [0.717, 1.165) is 49.9 Å². The smallest absolute Gasteiger partial charge is 0.144 e. The molecule has 0 aromatic carbocycles. The zero-order valence-electron chi connectivity index (χ0n) is 14.1. The Kier molecular flexibility index (Phi) is 5.53. The zero-order chi connectivity index (χ0) is 15.4. The number of hydrogen-bond donors (Lipinski definition) is 1. The van der Waals surface area contributed by atoms with Crippen LogP contribution in [0.3, 0.4) is 0 Å². The van der Waals surface area contributed by atoms with Crippen LogP contribution in [-0.2, 0) is 6.54 Å². The average Bonchev–Trinajstić information content (AvgIpc) is 2.76. The zero-order valence-corrected chi connectivity index (χ0v) is 14.1. The molecule has 1 aromatic heterocycles. The molecule has 0 spiro atoms. The summed E-state index contributed by atoms with van der Waals surface area (Å²) < 4.78 is 0. The number of nitrogens with zero attached hydrogens (tertiary/aromatic N) is 4. The largest absolute Gasteiger partial charge is 0.370 e. The van der Waals surface area contributed by atoms with Crippen molar-refractivity contribution in [1.29, 1.82) is 0 Å². The van der Waals surface area contributed by atoms with E-state index in [9.17, 15) is 0 Å². The van der Waals surface area contributed by atoms with E-state index in [-0.39, 0.29) is 0 Å². The van der Waals surface area contributed by atoms with E-state index in [1.54, 1.807) is 0 Å². The van der Waals surface area contributed by atoms with E-state index in [1.165, 1.54) is 0 Å². The summed E-state index contributed by atoms with van der Waals surface area (Å²) in [5.74, 6) is 2.58. The normalized spacial score (nSPS) is 23.0. The Morgan fingerprint density at radius 2 is 2.10 bits per heavy atom. The molecule has 2 rings (SSSR count). The monoisotopic (exact) mass is 291 g/mol. The van der Waals surface area contributed by atoms with E-state index in [4.69, 9.17) is 0 Å². The molecule has 1 aliphatic heterocycles. The lowest BCUT2D eigenvalue weighted by molar-refractivity contribution is 0.248. The summed E-state index contributed by atoms with van der Waals surface area (Å²) in [6.45, 7) is 10.6. The van der Waals surface area contributed by atoms with Crippen LogP contribution in [0.1, 0.15) is 31.8 Å². The Morgan fingerprint density at radius 3 is 2.71 bits per heavy atom. The standard InChI is InChI=1S/C16H29N5/c1-6-7-17-15-8-13(3)18-16(19-15)11-21-9-12(2)14(10-21)20(4)5/h8,12,14H,6-7,9-11H2,1-5H3,(H,17,18,19). The summed E-state index contributed by atoms with van der Waals surface area (Å²) in [6, 6.07) is 2.65. The number of aryl methyl sites for hydroxylation is 1. The number of likely N-dealkylation sites (tertiary alicyclic amines) is 1. The highest BCUT2D eigenvalue weighted by Gasteiger charge is 2.31. The number of likely N-dealkylation sites (N-methyl/N-ethyl adjacent to an activating group) is 1. The molecule has 1 fully saturated rings. The minimum Gasteiger partial charge on any atom is -0.370 e. The van der Waals surface area contributed by atoms with Gasteiger partial charge < -0.3 is 10.2 Å². The van der Waals surface area contributed by atoms with E-state index < -0.39 is 0 Å². The van der Waals surface area contributed by atoms with Crippen molar-refractivity contribution >= 4 is 5.82 Å². The van der Waals surface area contributed by atoms with Crippen molar-refractivity contribution in [3.8, 4) is 0 Å². The van der Waals surface area contributed by atoms with Crippen molar-refractivity contribution < 1.29 is 0 Å². The first-order valence-electron chi connectivity index (χ1n) is 7.96. The fraction of sp³-hybridized carbons (Fsp3) is 0.750. The van der Waals surface area contributed by atoms with Gasteiger partial charge >= 0.3 is 0 Å². The first-order chi connectivity index (χ1) is 9.99. The van der Waals surface area contributed by atoms with Crippen LogP contribution in [0.25, 0.3) is 0 Å². The molecule has 1 N–H and O–H groups in total. The third kappa shape index (κ3) is 4.38. The fourth-order valence-electron chi connectivity index (χ4n) is 3.09. The molecule has 1 saturated heterocycles. The third-order valence-electron chi connectivity index (χ3n) is 4.13. The van der Waals surface area contributed by atoms with Crippen molar-refractivity contribution in [2.24, 2.45) is 5.92 Å². The lowest BCUT2D eigenvalue weighted by Gasteiger charge is -2.22. The first kappa shape index (κ1) is 16.2. The van der Waals surface area contributed by atoms with Gasteiger partial charge in [0.1, 0.15) is 11.6 Å². The Bertz CT molecular complexity index is 460. The van der Waals surface area contributed by atoms with Crippen molar-refractivity contribution in [3.63, 3.8) is 0 Å². The van der Waals surface area contributed by atoms with Gasteiger partial charge in [0.15, 0.2) is 0 Å². The maximum Gasteiger partial charge on any atom is 0.144 e. The first-order valence-corrected chi connectivity index (χ1v) is 7.96. The number of nitrogens with one attached hydrogen (secondary N) is 1. The van der Waals surface area contributed by atoms with Crippen LogP contribution in [0.15, 0.2) is 6.07 Å². The van der Waals surface area contributed by atoms with Gasteiger partial charge in [-0.1, -0.05) is 13.8 Å². The Hall–Kier alpha value is -1.20. The summed E-state index contributed by atoms with van der Waals surface area (Å²) in [7, 11) is 4.33. The molecule has 2 unspecified atom stereocenters. The van der Waals surface area contributed by atoms with Crippen LogP contribution in [-0.4, -0.2) is 59.5 Å². The van der Waals surface area contributed by atoms with E-state index in [2.05, 4.69) is 53.0 Å². The van der Waals surface area contributed by atoms with Crippen molar-refractivity contribution in [1.82, 2.24) is 19.8 Å². The van der Waals surface area contributed by atoms with E-state index in [1.807, 2.05) is 13.0 Å². The second-order valence-electron chi connectivity index (χ2n) is 6.44. The summed E-state index contributed by atoms with van der Waals surface area (Å²) in [6.07, 6.45) is 1.10. The van der Waals surface area contributed by atoms with Gasteiger partial charge in [0.25, 0.3) is 0 Å². The molecule has 1 aromatic rings. The lowest BCUT2D eigenvalue weighted by atomic mass is 10.1. The molecule has 118 valence electrons. The summed E-state index contributed by atoms with van der Waals surface area (Å²) in [5.41, 5.74) is 1.04. The summed E-state index contributed by atoms with van der Waals surface area (Å²) in [4.78, 5) is 14.0. The van der Waals surface area contributed by atoms with Gasteiger partial charge in [-0.25, -0.2) is 9.97 Å². The van der Waals surface area contributed by atoms with Gasteiger partial charge in [-0.3, -0.25) is 4.90 Å². The van der Waals surface area contributed by atoms with Crippen LogP contribution in [0.4, 0.5) is 5.82 Å². The second-order valence-corrected chi connectivity index (χ2v) is 6.44. The Balaban J connectivity index is 2.01. The highest BCUT2D eigenvalue weighted by molar-refractivity contribution is 5.35. The molecule has 2 heterocycles. The number of hydrogen-bond acceptors (Lipinski definition) is 5. The Morgan fingerprint density at radius 1 is 1.33 bits per heavy atom. The number of rotatable bonds is 6. The summed E-state index contributed by atoms with van der Waals surface area (Å²) >= 11 is 0. The molecule has 0 amide bonds. The van der Waals surface area contributed by atoms with Gasteiger partial charge in [-0.15, -0.1) is 0 Å². The molecular formula is C16H29N5. The molecule has 5 nitrogen and oxygen atoms in total. The molecule has 0 radical (unpaired) electrons. The second kappa shape index (κ2) is 7.18. The van der Waals surface area contributed by atoms with Gasteiger partial charge in [-0.2, -0.15) is 0 Å². The third-order valence-corrected chi connectivity index (χ3v) is 4.13. The van der Waals surface area contributed by atoms with Crippen LogP contribution in [0, 0.1) is 12.8 Å². The average molecular weight is 291 g/mol. The van der Waals surface area contributed by atoms with Crippen molar-refractivity contribution in [3.05, 3.63) is 17.6 Å². The number of anilines is 1.